The Labute approximate surface area is 83.8 Å². The first-order chi connectivity index (χ1) is 6.75. The number of carboxylic acids is 1. The van der Waals surface area contributed by atoms with Crippen LogP contribution in [0.5, 0.6) is 0 Å². The molecule has 0 rings (SSSR count). The maximum atomic E-state index is 11.6. The second-order valence-electron chi connectivity index (χ2n) is 2.73. The van der Waals surface area contributed by atoms with Crippen LogP contribution in [-0.4, -0.2) is 29.7 Å². The monoisotopic (exact) mass is 225 g/mol. The number of carboxylic acid groups (broad SMARTS) is 1. The zero-order chi connectivity index (χ0) is 12.1. The van der Waals surface area contributed by atoms with Gasteiger partial charge in [-0.3, -0.25) is 4.79 Å². The Balaban J connectivity index is 3.87. The van der Waals surface area contributed by atoms with Gasteiger partial charge in [-0.1, -0.05) is 6.08 Å². The van der Waals surface area contributed by atoms with E-state index in [-0.39, 0.29) is 18.5 Å². The van der Waals surface area contributed by atoms with E-state index in [2.05, 4.69) is 0 Å². The highest BCUT2D eigenvalue weighted by molar-refractivity contribution is 5.85. The Kier molecular flexibility index (Phi) is 4.83. The van der Waals surface area contributed by atoms with E-state index in [4.69, 9.17) is 5.11 Å². The summed E-state index contributed by atoms with van der Waals surface area (Å²) in [6, 6.07) is 0. The van der Waals surface area contributed by atoms with Gasteiger partial charge in [0.25, 0.3) is 0 Å². The molecule has 0 saturated carbocycles. The van der Waals surface area contributed by atoms with Crippen molar-refractivity contribution in [2.24, 2.45) is 0 Å². The zero-order valence-electron chi connectivity index (χ0n) is 7.89. The largest absolute Gasteiger partial charge is 0.478 e. The first-order valence-corrected chi connectivity index (χ1v) is 4.00. The van der Waals surface area contributed by atoms with Gasteiger partial charge >= 0.3 is 18.1 Å². The van der Waals surface area contributed by atoms with Crippen LogP contribution >= 0.6 is 0 Å². The van der Waals surface area contributed by atoms with Gasteiger partial charge in [-0.15, -0.1) is 0 Å². The molecule has 0 aliphatic carbocycles. The molecule has 7 heteroatoms. The highest BCUT2D eigenvalue weighted by Crippen LogP contribution is 2.13. The number of rotatable bonds is 4. The molecular formula is C8H10F3NO3. The molecule has 0 atom stereocenters. The maximum absolute atomic E-state index is 11.6. The Bertz CT molecular complexity index is 283. The average Bonchev–Trinajstić information content (AvgIpc) is 2.09. The lowest BCUT2D eigenvalue weighted by Crippen LogP contribution is -2.37. The van der Waals surface area contributed by atoms with E-state index in [0.717, 1.165) is 0 Å². The molecule has 1 amide bonds. The van der Waals surface area contributed by atoms with Crippen LogP contribution in [0, 0.1) is 0 Å². The maximum Gasteiger partial charge on any atom is 0.471 e. The fourth-order valence-corrected chi connectivity index (χ4v) is 0.662. The van der Waals surface area contributed by atoms with Crippen molar-refractivity contribution in [2.45, 2.75) is 19.5 Å². The van der Waals surface area contributed by atoms with Crippen molar-refractivity contribution in [3.05, 3.63) is 11.6 Å². The number of amides is 1. The molecule has 0 radical (unpaired) electrons. The molecule has 0 aliphatic rings. The average molecular weight is 225 g/mol. The van der Waals surface area contributed by atoms with Crippen molar-refractivity contribution in [3.8, 4) is 0 Å². The van der Waals surface area contributed by atoms with Crippen molar-refractivity contribution in [1.29, 1.82) is 0 Å². The summed E-state index contributed by atoms with van der Waals surface area (Å²) in [5.41, 5.74) is 0.0243. The zero-order valence-corrected chi connectivity index (χ0v) is 7.89. The standard InChI is InChI=1S/C8H10F3NO3/c1-5(6(13)14)3-2-4-12-7(15)8(9,10)11/h3H,2,4H2,1H3,(H,12,15)(H,13,14)/b5-3+. The summed E-state index contributed by atoms with van der Waals surface area (Å²) in [5.74, 6) is -3.17. The number of carbonyl (C=O) groups excluding carboxylic acids is 1. The molecule has 0 fully saturated rings. The Hall–Kier alpha value is -1.53. The molecule has 0 saturated heterocycles. The van der Waals surface area contributed by atoms with E-state index in [1.807, 2.05) is 0 Å². The molecule has 86 valence electrons. The molecule has 2 N–H and O–H groups in total. The number of hydrogen-bond acceptors (Lipinski definition) is 2. The van der Waals surface area contributed by atoms with Crippen LogP contribution in [0.3, 0.4) is 0 Å². The second-order valence-corrected chi connectivity index (χ2v) is 2.73. The van der Waals surface area contributed by atoms with Crippen LogP contribution < -0.4 is 5.32 Å². The van der Waals surface area contributed by atoms with E-state index < -0.39 is 18.1 Å². The second kappa shape index (κ2) is 5.38. The molecular weight excluding hydrogens is 215 g/mol. The van der Waals surface area contributed by atoms with Gasteiger partial charge in [0.05, 0.1) is 0 Å². The molecule has 4 nitrogen and oxygen atoms in total. The number of alkyl halides is 3. The number of hydrogen-bond donors (Lipinski definition) is 2. The third-order valence-electron chi connectivity index (χ3n) is 1.48. The predicted octanol–water partition coefficient (Wildman–Crippen LogP) is 1.09. The Morgan fingerprint density at radius 1 is 1.40 bits per heavy atom. The van der Waals surface area contributed by atoms with E-state index in [0.29, 0.717) is 0 Å². The molecule has 15 heavy (non-hydrogen) atoms. The Morgan fingerprint density at radius 2 is 1.93 bits per heavy atom. The van der Waals surface area contributed by atoms with E-state index in [9.17, 15) is 22.8 Å². The number of aliphatic carboxylic acids is 1. The van der Waals surface area contributed by atoms with E-state index >= 15 is 0 Å². The van der Waals surface area contributed by atoms with Crippen molar-refractivity contribution >= 4 is 11.9 Å². The molecule has 0 aromatic rings. The van der Waals surface area contributed by atoms with Gasteiger partial charge in [-0.2, -0.15) is 13.2 Å². The Morgan fingerprint density at radius 3 is 2.33 bits per heavy atom. The summed E-state index contributed by atoms with van der Waals surface area (Å²) in [4.78, 5) is 20.5. The topological polar surface area (TPSA) is 66.4 Å². The summed E-state index contributed by atoms with van der Waals surface area (Å²) in [6.07, 6.45) is -3.62. The van der Waals surface area contributed by atoms with Crippen LogP contribution in [-0.2, 0) is 9.59 Å². The first-order valence-electron chi connectivity index (χ1n) is 4.00. The van der Waals surface area contributed by atoms with Crippen molar-refractivity contribution in [2.75, 3.05) is 6.54 Å². The quantitative estimate of drug-likeness (QED) is 0.555. The summed E-state index contributed by atoms with van der Waals surface area (Å²) in [7, 11) is 0. The fourth-order valence-electron chi connectivity index (χ4n) is 0.662. The number of carbonyl (C=O) groups is 2. The van der Waals surface area contributed by atoms with Gasteiger partial charge in [-0.05, 0) is 13.3 Å². The minimum absolute atomic E-state index is 0.0243. The van der Waals surface area contributed by atoms with Crippen LogP contribution in [0.15, 0.2) is 11.6 Å². The van der Waals surface area contributed by atoms with E-state index in [1.54, 1.807) is 5.32 Å². The molecule has 0 unspecified atom stereocenters. The SMILES string of the molecule is C/C(=C\CCNC(=O)C(F)(F)F)C(=O)O. The third-order valence-corrected chi connectivity index (χ3v) is 1.48. The van der Waals surface area contributed by atoms with Crippen LogP contribution in [0.1, 0.15) is 13.3 Å². The summed E-state index contributed by atoms with van der Waals surface area (Å²) in [5, 5.41) is 10.00. The fraction of sp³-hybridized carbons (Fsp3) is 0.500. The van der Waals surface area contributed by atoms with Gasteiger partial charge in [0.15, 0.2) is 0 Å². The smallest absolute Gasteiger partial charge is 0.471 e. The molecule has 0 aromatic heterocycles. The minimum Gasteiger partial charge on any atom is -0.478 e. The molecule has 0 heterocycles. The van der Waals surface area contributed by atoms with Gasteiger partial charge in [0, 0.05) is 12.1 Å². The van der Waals surface area contributed by atoms with Crippen LogP contribution in [0.2, 0.25) is 0 Å². The lowest BCUT2D eigenvalue weighted by molar-refractivity contribution is -0.173. The normalized spacial score (nSPS) is 12.4. The van der Waals surface area contributed by atoms with Crippen LogP contribution in [0.4, 0.5) is 13.2 Å². The van der Waals surface area contributed by atoms with Gasteiger partial charge in [0.1, 0.15) is 0 Å². The number of halogens is 3. The predicted molar refractivity (Wildman–Crippen MR) is 45.1 cm³/mol. The van der Waals surface area contributed by atoms with E-state index in [1.165, 1.54) is 13.0 Å². The molecule has 0 aromatic carbocycles. The van der Waals surface area contributed by atoms with Gasteiger partial charge < -0.3 is 10.4 Å². The first kappa shape index (κ1) is 13.5. The lowest BCUT2D eigenvalue weighted by Gasteiger charge is -2.06. The lowest BCUT2D eigenvalue weighted by atomic mass is 10.2. The molecule has 0 bridgehead atoms. The summed E-state index contributed by atoms with van der Waals surface area (Å²) >= 11 is 0. The van der Waals surface area contributed by atoms with Crippen molar-refractivity contribution in [1.82, 2.24) is 5.32 Å². The summed E-state index contributed by atoms with van der Waals surface area (Å²) < 4.78 is 34.9. The highest BCUT2D eigenvalue weighted by Gasteiger charge is 2.37. The molecule has 0 spiro atoms. The highest BCUT2D eigenvalue weighted by atomic mass is 19.4. The molecule has 0 aliphatic heterocycles. The van der Waals surface area contributed by atoms with Crippen molar-refractivity contribution in [3.63, 3.8) is 0 Å². The van der Waals surface area contributed by atoms with Crippen LogP contribution in [0.25, 0.3) is 0 Å². The summed E-state index contributed by atoms with van der Waals surface area (Å²) in [6.45, 7) is 1.07. The van der Waals surface area contributed by atoms with Crippen molar-refractivity contribution < 1.29 is 27.9 Å². The minimum atomic E-state index is -4.90. The third kappa shape index (κ3) is 5.71. The number of nitrogens with one attached hydrogen (secondary N) is 1. The van der Waals surface area contributed by atoms with Gasteiger partial charge in [-0.25, -0.2) is 4.79 Å². The van der Waals surface area contributed by atoms with Gasteiger partial charge in [0.2, 0.25) is 0 Å².